The van der Waals surface area contributed by atoms with Crippen molar-refractivity contribution >= 4 is 5.97 Å². The maximum absolute atomic E-state index is 13.7. The van der Waals surface area contributed by atoms with E-state index in [4.69, 9.17) is 23.7 Å². The lowest BCUT2D eigenvalue weighted by atomic mass is 10.1. The number of carbonyl (C=O) groups is 1. The van der Waals surface area contributed by atoms with Crippen molar-refractivity contribution in [3.8, 4) is 17.4 Å². The molecule has 0 N–H and O–H groups in total. The predicted octanol–water partition coefficient (Wildman–Crippen LogP) is 2.22. The minimum atomic E-state index is -0.651. The molecule has 0 amide bonds. The third-order valence-electron chi connectivity index (χ3n) is 3.72. The van der Waals surface area contributed by atoms with Crippen LogP contribution in [0.3, 0.4) is 0 Å². The zero-order chi connectivity index (χ0) is 17.2. The zero-order valence-electron chi connectivity index (χ0n) is 13.1. The Balaban J connectivity index is 1.50. The van der Waals surface area contributed by atoms with Gasteiger partial charge in [0.25, 0.3) is 5.88 Å². The molecule has 0 spiro atoms. The number of ether oxygens (including phenoxy) is 5. The average Bonchev–Trinajstić information content (AvgIpc) is 2.65. The van der Waals surface area contributed by atoms with Gasteiger partial charge in [-0.2, -0.15) is 0 Å². The topological polar surface area (TPSA) is 76.1 Å². The van der Waals surface area contributed by atoms with Crippen molar-refractivity contribution in [2.24, 2.45) is 0 Å². The van der Waals surface area contributed by atoms with Gasteiger partial charge in [-0.1, -0.05) is 0 Å². The van der Waals surface area contributed by atoms with Crippen molar-refractivity contribution in [3.63, 3.8) is 0 Å². The number of nitrogens with zero attached hydrogens (tertiary/aromatic N) is 1. The van der Waals surface area contributed by atoms with Crippen LogP contribution in [0, 0.1) is 5.82 Å². The molecule has 0 aliphatic carbocycles. The van der Waals surface area contributed by atoms with Gasteiger partial charge in [-0.25, -0.2) is 14.2 Å². The first-order valence-electron chi connectivity index (χ1n) is 7.66. The monoisotopic (exact) mass is 347 g/mol. The van der Waals surface area contributed by atoms with E-state index in [1.165, 1.54) is 18.2 Å². The van der Waals surface area contributed by atoms with Crippen LogP contribution in [-0.2, 0) is 22.7 Å². The van der Waals surface area contributed by atoms with E-state index in [2.05, 4.69) is 4.98 Å². The van der Waals surface area contributed by atoms with Gasteiger partial charge in [0.2, 0.25) is 0 Å². The Hall–Kier alpha value is -2.87. The van der Waals surface area contributed by atoms with Gasteiger partial charge < -0.3 is 23.7 Å². The van der Waals surface area contributed by atoms with Crippen molar-refractivity contribution in [2.45, 2.75) is 13.2 Å². The minimum absolute atomic E-state index is 0.0727. The predicted molar refractivity (Wildman–Crippen MR) is 81.0 cm³/mol. The van der Waals surface area contributed by atoms with E-state index in [1.54, 1.807) is 6.07 Å². The second-order valence-corrected chi connectivity index (χ2v) is 5.44. The van der Waals surface area contributed by atoms with E-state index in [1.807, 2.05) is 0 Å². The van der Waals surface area contributed by atoms with E-state index in [9.17, 15) is 9.18 Å². The van der Waals surface area contributed by atoms with Gasteiger partial charge in [0.15, 0.2) is 18.2 Å². The summed E-state index contributed by atoms with van der Waals surface area (Å²) in [6.45, 7) is 0.982. The lowest BCUT2D eigenvalue weighted by molar-refractivity contribution is -0.0183. The number of hydrogen-bond donors (Lipinski definition) is 0. The Labute approximate surface area is 142 Å². The van der Waals surface area contributed by atoms with Crippen LogP contribution in [0.1, 0.15) is 21.6 Å². The van der Waals surface area contributed by atoms with Crippen LogP contribution in [0.5, 0.6) is 17.4 Å². The van der Waals surface area contributed by atoms with Gasteiger partial charge in [-0.05, 0) is 24.3 Å². The van der Waals surface area contributed by atoms with Crippen LogP contribution in [0.4, 0.5) is 4.39 Å². The lowest BCUT2D eigenvalue weighted by Gasteiger charge is -2.20. The van der Waals surface area contributed by atoms with Gasteiger partial charge in [0.1, 0.15) is 31.4 Å². The Morgan fingerprint density at radius 1 is 1.20 bits per heavy atom. The summed E-state index contributed by atoms with van der Waals surface area (Å²) in [7, 11) is 0. The molecule has 0 saturated carbocycles. The van der Waals surface area contributed by atoms with Crippen LogP contribution in [0.25, 0.3) is 0 Å². The van der Waals surface area contributed by atoms with Gasteiger partial charge in [0.05, 0.1) is 6.61 Å². The number of aromatic nitrogens is 1. The fourth-order valence-electron chi connectivity index (χ4n) is 2.63. The summed E-state index contributed by atoms with van der Waals surface area (Å²) in [5, 5.41) is 0. The highest BCUT2D eigenvalue weighted by Crippen LogP contribution is 2.31. The molecule has 0 atom stereocenters. The summed E-state index contributed by atoms with van der Waals surface area (Å²) in [5.74, 6) is 0.119. The average molecular weight is 347 g/mol. The Morgan fingerprint density at radius 2 is 2.08 bits per heavy atom. The van der Waals surface area contributed by atoms with E-state index < -0.39 is 11.8 Å². The molecule has 4 rings (SSSR count). The highest BCUT2D eigenvalue weighted by molar-refractivity contribution is 5.87. The number of halogens is 1. The van der Waals surface area contributed by atoms with Crippen LogP contribution in [-0.4, -0.2) is 31.0 Å². The molecule has 0 bridgehead atoms. The first-order valence-corrected chi connectivity index (χ1v) is 7.66. The van der Waals surface area contributed by atoms with Crippen LogP contribution >= 0.6 is 0 Å². The van der Waals surface area contributed by atoms with Gasteiger partial charge in [-0.3, -0.25) is 0 Å². The second-order valence-electron chi connectivity index (χ2n) is 5.44. The minimum Gasteiger partial charge on any atom is -0.484 e. The fourth-order valence-corrected chi connectivity index (χ4v) is 2.63. The molecule has 0 fully saturated rings. The summed E-state index contributed by atoms with van der Waals surface area (Å²) in [5.41, 5.74) is 1.10. The van der Waals surface area contributed by atoms with Crippen LogP contribution in [0.15, 0.2) is 24.3 Å². The molecule has 1 aromatic carbocycles. The molecule has 1 aromatic heterocycles. The summed E-state index contributed by atoms with van der Waals surface area (Å²) in [6.07, 6.45) is 0. The number of carbonyl (C=O) groups excluding carboxylic acids is 1. The number of pyridine rings is 1. The number of benzene rings is 1. The van der Waals surface area contributed by atoms with E-state index in [-0.39, 0.29) is 31.6 Å². The molecule has 0 radical (unpaired) electrons. The fraction of sp³-hybridized carbons (Fsp3) is 0.294. The molecule has 0 unspecified atom stereocenters. The summed E-state index contributed by atoms with van der Waals surface area (Å²) >= 11 is 0. The molecule has 2 aliphatic rings. The van der Waals surface area contributed by atoms with E-state index in [0.717, 1.165) is 0 Å². The highest BCUT2D eigenvalue weighted by Gasteiger charge is 2.20. The van der Waals surface area contributed by atoms with E-state index >= 15 is 0 Å². The molecule has 2 aliphatic heterocycles. The number of rotatable bonds is 3. The molecule has 130 valence electrons. The molecule has 3 heterocycles. The lowest BCUT2D eigenvalue weighted by Crippen LogP contribution is -2.18. The van der Waals surface area contributed by atoms with Gasteiger partial charge in [0, 0.05) is 11.1 Å². The van der Waals surface area contributed by atoms with Crippen molar-refractivity contribution < 1.29 is 32.9 Å². The third kappa shape index (κ3) is 3.20. The van der Waals surface area contributed by atoms with Crippen molar-refractivity contribution in [1.82, 2.24) is 4.98 Å². The van der Waals surface area contributed by atoms with Crippen LogP contribution < -0.4 is 14.2 Å². The Kier molecular flexibility index (Phi) is 4.10. The van der Waals surface area contributed by atoms with Crippen molar-refractivity contribution in [2.75, 3.05) is 20.0 Å². The van der Waals surface area contributed by atoms with Crippen molar-refractivity contribution in [3.05, 3.63) is 46.9 Å². The Bertz CT molecular complexity index is 825. The quantitative estimate of drug-likeness (QED) is 0.788. The maximum atomic E-state index is 13.7. The molecule has 8 heteroatoms. The summed E-state index contributed by atoms with van der Waals surface area (Å²) in [4.78, 5) is 16.3. The second kappa shape index (κ2) is 6.56. The first kappa shape index (κ1) is 15.6. The normalized spacial score (nSPS) is 15.1. The standard InChI is InChI=1S/C17H14FNO6/c18-12-5-10-7-21-9-25-15(10)11(6-12)8-24-17(20)13-1-2-14-16(19-13)23-4-3-22-14/h1-2,5-6H,3-4,7-9H2. The molecular weight excluding hydrogens is 333 g/mol. The molecule has 2 aromatic rings. The number of esters is 1. The molecule has 0 saturated heterocycles. The Morgan fingerprint density at radius 3 is 3.00 bits per heavy atom. The largest absolute Gasteiger partial charge is 0.484 e. The van der Waals surface area contributed by atoms with Crippen molar-refractivity contribution in [1.29, 1.82) is 0 Å². The zero-order valence-corrected chi connectivity index (χ0v) is 13.1. The first-order chi connectivity index (χ1) is 12.2. The number of fused-ring (bicyclic) bond motifs is 2. The number of hydrogen-bond acceptors (Lipinski definition) is 7. The smallest absolute Gasteiger partial charge is 0.357 e. The molecule has 7 nitrogen and oxygen atoms in total. The summed E-state index contributed by atoms with van der Waals surface area (Å²) < 4.78 is 40.1. The SMILES string of the molecule is O=C(OCc1cc(F)cc2c1OCOC2)c1ccc2c(n1)OCCO2. The molecular formula is C17H14FNO6. The van der Waals surface area contributed by atoms with Crippen LogP contribution in [0.2, 0.25) is 0 Å². The van der Waals surface area contributed by atoms with E-state index in [0.29, 0.717) is 35.8 Å². The highest BCUT2D eigenvalue weighted by atomic mass is 19.1. The third-order valence-corrected chi connectivity index (χ3v) is 3.72. The maximum Gasteiger partial charge on any atom is 0.357 e. The van der Waals surface area contributed by atoms with Gasteiger partial charge in [-0.15, -0.1) is 0 Å². The molecule has 25 heavy (non-hydrogen) atoms. The summed E-state index contributed by atoms with van der Waals surface area (Å²) in [6, 6.07) is 5.70. The van der Waals surface area contributed by atoms with Gasteiger partial charge >= 0.3 is 5.97 Å².